The number of anilines is 1. The van der Waals surface area contributed by atoms with Crippen LogP contribution in [0.3, 0.4) is 0 Å². The second kappa shape index (κ2) is 11.1. The second-order valence-electron chi connectivity index (χ2n) is 9.45. The van der Waals surface area contributed by atoms with E-state index >= 15 is 0 Å². The van der Waals surface area contributed by atoms with Crippen LogP contribution in [0.15, 0.2) is 42.5 Å². The normalized spacial score (nSPS) is 16.9. The predicted octanol–water partition coefficient (Wildman–Crippen LogP) is 5.86. The lowest BCUT2D eigenvalue weighted by molar-refractivity contribution is 0.0601. The molecule has 184 valence electrons. The first-order valence-electron chi connectivity index (χ1n) is 12.6. The molecule has 0 spiro atoms. The third kappa shape index (κ3) is 5.37. The van der Waals surface area contributed by atoms with E-state index in [4.69, 9.17) is 17.0 Å². The summed E-state index contributed by atoms with van der Waals surface area (Å²) < 4.78 is 5.17. The molecule has 1 aliphatic carbocycles. The molecule has 5 rings (SSSR count). The Kier molecular flexibility index (Phi) is 7.66. The molecule has 1 fully saturated rings. The Bertz CT molecular complexity index is 1210. The highest BCUT2D eigenvalue weighted by Crippen LogP contribution is 2.37. The van der Waals surface area contributed by atoms with Crippen LogP contribution in [0.2, 0.25) is 0 Å². The largest absolute Gasteiger partial charge is 0.465 e. The summed E-state index contributed by atoms with van der Waals surface area (Å²) in [4.78, 5) is 18.8. The third-order valence-corrected chi connectivity index (χ3v) is 8.78. The number of hydrogen-bond donors (Lipinski definition) is 1. The molecular formula is C28H33N3O2S2. The Labute approximate surface area is 217 Å². The van der Waals surface area contributed by atoms with Crippen molar-refractivity contribution in [3.05, 3.63) is 64.0 Å². The lowest BCUT2D eigenvalue weighted by Gasteiger charge is -2.36. The maximum Gasteiger partial charge on any atom is 0.341 e. The molecule has 2 aliphatic rings. The molecule has 1 saturated heterocycles. The number of nitrogens with one attached hydrogen (secondary N) is 1. The number of carbonyl (C=O) groups excluding carboxylic acids is 1. The van der Waals surface area contributed by atoms with Crippen molar-refractivity contribution >= 4 is 50.4 Å². The molecule has 2 heterocycles. The number of hydrogen-bond acceptors (Lipinski definition) is 5. The summed E-state index contributed by atoms with van der Waals surface area (Å²) in [6.45, 7) is 4.59. The van der Waals surface area contributed by atoms with Crippen molar-refractivity contribution in [1.29, 1.82) is 0 Å². The van der Waals surface area contributed by atoms with Gasteiger partial charge in [-0.15, -0.1) is 11.3 Å². The van der Waals surface area contributed by atoms with Gasteiger partial charge in [0.1, 0.15) is 5.00 Å². The van der Waals surface area contributed by atoms with Crippen LogP contribution >= 0.6 is 23.6 Å². The molecule has 0 bridgehead atoms. The van der Waals surface area contributed by atoms with Crippen molar-refractivity contribution in [1.82, 2.24) is 9.80 Å². The van der Waals surface area contributed by atoms with Gasteiger partial charge in [0.25, 0.3) is 0 Å². The molecule has 35 heavy (non-hydrogen) atoms. The van der Waals surface area contributed by atoms with E-state index in [9.17, 15) is 4.79 Å². The Hall–Kier alpha value is -2.48. The summed E-state index contributed by atoms with van der Waals surface area (Å²) in [5.41, 5.74) is 3.24. The second-order valence-corrected chi connectivity index (χ2v) is 10.9. The van der Waals surface area contributed by atoms with Gasteiger partial charge in [-0.1, -0.05) is 55.3 Å². The predicted molar refractivity (Wildman–Crippen MR) is 149 cm³/mol. The molecule has 3 aromatic rings. The van der Waals surface area contributed by atoms with Crippen molar-refractivity contribution < 1.29 is 9.53 Å². The monoisotopic (exact) mass is 507 g/mol. The summed E-state index contributed by atoms with van der Waals surface area (Å²) in [5, 5.41) is 7.62. The van der Waals surface area contributed by atoms with Crippen LogP contribution in [-0.4, -0.2) is 54.2 Å². The number of aryl methyl sites for hydroxylation is 1. The van der Waals surface area contributed by atoms with Crippen molar-refractivity contribution in [2.45, 2.75) is 45.1 Å². The van der Waals surface area contributed by atoms with E-state index in [1.807, 2.05) is 0 Å². The number of piperazine rings is 1. The highest BCUT2D eigenvalue weighted by atomic mass is 32.1. The van der Waals surface area contributed by atoms with Gasteiger partial charge in [0.15, 0.2) is 5.11 Å². The van der Waals surface area contributed by atoms with Crippen LogP contribution in [0, 0.1) is 0 Å². The highest BCUT2D eigenvalue weighted by Gasteiger charge is 2.27. The molecule has 1 N–H and O–H groups in total. The van der Waals surface area contributed by atoms with E-state index in [1.165, 1.54) is 53.1 Å². The van der Waals surface area contributed by atoms with Gasteiger partial charge in [-0.3, -0.25) is 4.90 Å². The number of thiophene rings is 1. The lowest BCUT2D eigenvalue weighted by Crippen LogP contribution is -2.49. The average Bonchev–Trinajstić information content (AvgIpc) is 3.19. The zero-order chi connectivity index (χ0) is 24.2. The zero-order valence-corrected chi connectivity index (χ0v) is 22.0. The zero-order valence-electron chi connectivity index (χ0n) is 20.3. The average molecular weight is 508 g/mol. The van der Waals surface area contributed by atoms with Crippen LogP contribution in [0.1, 0.15) is 52.0 Å². The van der Waals surface area contributed by atoms with Crippen LogP contribution in [0.4, 0.5) is 5.00 Å². The fourth-order valence-electron chi connectivity index (χ4n) is 5.28. The van der Waals surface area contributed by atoms with Crippen molar-refractivity contribution in [2.24, 2.45) is 0 Å². The molecule has 0 saturated carbocycles. The standard InChI is InChI=1S/C28H33N3O2S2/c1-33-27(32)25-23-13-4-2-3-5-14-24(23)35-26(25)29-28(34)31-17-15-30(16-18-31)19-21-11-8-10-20-9-6-7-12-22(20)21/h6-12H,2-5,13-19H2,1H3,(H,29,34). The minimum absolute atomic E-state index is 0.256. The Morgan fingerprint density at radius 3 is 2.54 bits per heavy atom. The van der Waals surface area contributed by atoms with Gasteiger partial charge >= 0.3 is 5.97 Å². The minimum atomic E-state index is -0.256. The molecule has 0 amide bonds. The minimum Gasteiger partial charge on any atom is -0.465 e. The fourth-order valence-corrected chi connectivity index (χ4v) is 6.91. The highest BCUT2D eigenvalue weighted by molar-refractivity contribution is 7.80. The SMILES string of the molecule is COC(=O)c1c(NC(=S)N2CCN(Cc3cccc4ccccc34)CC2)sc2c1CCCCCC2. The molecule has 1 aliphatic heterocycles. The van der Waals surface area contributed by atoms with Crippen molar-refractivity contribution in [3.8, 4) is 0 Å². The van der Waals surface area contributed by atoms with Gasteiger partial charge in [0, 0.05) is 37.6 Å². The van der Waals surface area contributed by atoms with E-state index in [-0.39, 0.29) is 5.97 Å². The molecule has 5 nitrogen and oxygen atoms in total. The topological polar surface area (TPSA) is 44.8 Å². The summed E-state index contributed by atoms with van der Waals surface area (Å²) in [6.07, 6.45) is 6.75. The van der Waals surface area contributed by atoms with Gasteiger partial charge in [0.05, 0.1) is 12.7 Å². The van der Waals surface area contributed by atoms with Crippen LogP contribution in [0.25, 0.3) is 10.8 Å². The smallest absolute Gasteiger partial charge is 0.341 e. The number of carbonyl (C=O) groups is 1. The third-order valence-electron chi connectivity index (χ3n) is 7.21. The van der Waals surface area contributed by atoms with E-state index < -0.39 is 0 Å². The van der Waals surface area contributed by atoms with E-state index in [1.54, 1.807) is 11.3 Å². The first kappa shape index (κ1) is 24.2. The summed E-state index contributed by atoms with van der Waals surface area (Å²) in [7, 11) is 1.46. The molecule has 1 aromatic heterocycles. The molecule has 2 aromatic carbocycles. The fraction of sp³-hybridized carbons (Fsp3) is 0.429. The van der Waals surface area contributed by atoms with E-state index in [0.29, 0.717) is 10.7 Å². The molecule has 0 radical (unpaired) electrons. The number of nitrogens with zero attached hydrogens (tertiary/aromatic N) is 2. The molecule has 0 unspecified atom stereocenters. The maximum atomic E-state index is 12.7. The van der Waals surface area contributed by atoms with Gasteiger partial charge in [-0.05, 0) is 59.8 Å². The van der Waals surface area contributed by atoms with Crippen molar-refractivity contribution in [2.75, 3.05) is 38.6 Å². The Morgan fingerprint density at radius 2 is 1.74 bits per heavy atom. The van der Waals surface area contributed by atoms with Gasteiger partial charge < -0.3 is 15.0 Å². The summed E-state index contributed by atoms with van der Waals surface area (Å²) in [6, 6.07) is 15.2. The lowest BCUT2D eigenvalue weighted by atomic mass is 9.96. The number of rotatable bonds is 4. The van der Waals surface area contributed by atoms with Crippen LogP contribution in [-0.2, 0) is 24.1 Å². The quantitative estimate of drug-likeness (QED) is 0.352. The summed E-state index contributed by atoms with van der Waals surface area (Å²) in [5.74, 6) is -0.256. The number of fused-ring (bicyclic) bond motifs is 2. The maximum absolute atomic E-state index is 12.7. The number of benzene rings is 2. The van der Waals surface area contributed by atoms with Crippen LogP contribution in [0.5, 0.6) is 0 Å². The van der Waals surface area contributed by atoms with E-state index in [0.717, 1.165) is 57.0 Å². The summed E-state index contributed by atoms with van der Waals surface area (Å²) >= 11 is 7.50. The van der Waals surface area contributed by atoms with Crippen LogP contribution < -0.4 is 5.32 Å². The Morgan fingerprint density at radius 1 is 1.00 bits per heavy atom. The van der Waals surface area contributed by atoms with Gasteiger partial charge in [0.2, 0.25) is 0 Å². The number of thiocarbonyl (C=S) groups is 1. The first-order chi connectivity index (χ1) is 17.1. The van der Waals surface area contributed by atoms with Crippen molar-refractivity contribution in [3.63, 3.8) is 0 Å². The molecule has 0 atom stereocenters. The first-order valence-corrected chi connectivity index (χ1v) is 13.8. The molecule has 7 heteroatoms. The number of methoxy groups -OCH3 is 1. The van der Waals surface area contributed by atoms with Gasteiger partial charge in [-0.25, -0.2) is 4.79 Å². The molecular weight excluding hydrogens is 474 g/mol. The van der Waals surface area contributed by atoms with Gasteiger partial charge in [-0.2, -0.15) is 0 Å². The van der Waals surface area contributed by atoms with E-state index in [2.05, 4.69) is 57.6 Å². The number of ether oxygens (including phenoxy) is 1. The number of esters is 1. The Balaban J connectivity index is 1.24.